The van der Waals surface area contributed by atoms with Crippen LogP contribution < -0.4 is 0 Å². The minimum atomic E-state index is -2.91. The summed E-state index contributed by atoms with van der Waals surface area (Å²) in [4.78, 5) is 22.1. The maximum absolute atomic E-state index is 14.4. The molecule has 0 N–H and O–H groups in total. The average Bonchev–Trinajstić information content (AvgIpc) is 3.17. The van der Waals surface area contributed by atoms with Crippen LogP contribution in [-0.4, -0.2) is 78.4 Å². The Bertz CT molecular complexity index is 1510. The predicted molar refractivity (Wildman–Crippen MR) is 166 cm³/mol. The molecule has 2 aliphatic rings. The summed E-state index contributed by atoms with van der Waals surface area (Å²) in [6.07, 6.45) is 14.7. The van der Waals surface area contributed by atoms with Crippen molar-refractivity contribution in [2.45, 2.75) is 70.8 Å². The first-order valence-corrected chi connectivity index (χ1v) is 17.5. The molecular weight excluding hydrogens is 551 g/mol. The number of carbonyl (C=O) groups excluding carboxylic acids is 1. The molecule has 228 valence electrons. The topological polar surface area (TPSA) is 75.5 Å². The van der Waals surface area contributed by atoms with Crippen LogP contribution in [0, 0.1) is 17.7 Å². The Morgan fingerprint density at radius 2 is 1.81 bits per heavy atom. The van der Waals surface area contributed by atoms with Crippen molar-refractivity contribution in [3.8, 4) is 5.69 Å². The number of pyridine rings is 1. The van der Waals surface area contributed by atoms with Gasteiger partial charge in [0.2, 0.25) is 0 Å². The van der Waals surface area contributed by atoms with Crippen molar-refractivity contribution in [2.75, 3.05) is 38.7 Å². The molecule has 2 aromatic heterocycles. The number of benzene rings is 1. The molecule has 0 spiro atoms. The van der Waals surface area contributed by atoms with Crippen molar-refractivity contribution in [3.05, 3.63) is 59.8 Å². The lowest BCUT2D eigenvalue weighted by molar-refractivity contribution is 0.0754. The second kappa shape index (κ2) is 12.8. The number of rotatable bonds is 8. The molecule has 1 amide bonds. The fourth-order valence-electron chi connectivity index (χ4n) is 6.96. The zero-order valence-corrected chi connectivity index (χ0v) is 26.2. The van der Waals surface area contributed by atoms with Crippen molar-refractivity contribution in [2.24, 2.45) is 11.8 Å². The molecule has 5 rings (SSSR count). The first-order valence-electron chi connectivity index (χ1n) is 15.4. The number of aromatic nitrogens is 2. The molecule has 1 aromatic carbocycles. The summed E-state index contributed by atoms with van der Waals surface area (Å²) in [5, 5.41) is 1.13. The van der Waals surface area contributed by atoms with Crippen LogP contribution in [0.4, 0.5) is 4.39 Å². The van der Waals surface area contributed by atoms with Gasteiger partial charge in [-0.05, 0) is 119 Å². The fourth-order valence-corrected chi connectivity index (χ4v) is 8.15. The van der Waals surface area contributed by atoms with Gasteiger partial charge in [-0.3, -0.25) is 9.78 Å². The number of likely N-dealkylation sites (tertiary alicyclic amines) is 1. The molecule has 0 bridgehead atoms. The van der Waals surface area contributed by atoms with Crippen molar-refractivity contribution in [1.82, 2.24) is 19.4 Å². The third kappa shape index (κ3) is 7.05. The maximum atomic E-state index is 14.4. The molecule has 1 aliphatic heterocycles. The summed E-state index contributed by atoms with van der Waals surface area (Å²) >= 11 is 0. The van der Waals surface area contributed by atoms with Gasteiger partial charge < -0.3 is 14.4 Å². The molecule has 2 fully saturated rings. The molecule has 3 aromatic rings. The third-order valence-corrected chi connectivity index (χ3v) is 10.5. The van der Waals surface area contributed by atoms with Gasteiger partial charge in [-0.1, -0.05) is 0 Å². The largest absolute Gasteiger partial charge is 0.339 e. The quantitative estimate of drug-likeness (QED) is 0.316. The number of hydrogen-bond donors (Lipinski definition) is 0. The van der Waals surface area contributed by atoms with E-state index < -0.39 is 15.7 Å². The van der Waals surface area contributed by atoms with E-state index in [9.17, 15) is 17.6 Å². The Balaban J connectivity index is 1.34. The highest BCUT2D eigenvalue weighted by atomic mass is 32.2. The van der Waals surface area contributed by atoms with Crippen molar-refractivity contribution < 1.29 is 17.6 Å². The number of fused-ring (bicyclic) bond motifs is 1. The van der Waals surface area contributed by atoms with Crippen LogP contribution in [0.1, 0.15) is 80.6 Å². The standard InChI is InChI=1S/C33H45FN4O3S/c1-23(2)36(3)33(39)29-18-27(34)11-12-31(29)38-21-30(28-13-15-35-19-32(28)38)26-6-5-16-37(17-14-26)20-24-7-9-25(10-8-24)22-42(4,40)41/h11-13,15,18-19,21,23-26H,5-10,14,16-17,20,22H2,1-4H3. The molecular formula is C33H45FN4O3S. The average molecular weight is 597 g/mol. The summed E-state index contributed by atoms with van der Waals surface area (Å²) in [6, 6.07) is 6.51. The number of sulfone groups is 1. The minimum absolute atomic E-state index is 0.0105. The Kier molecular flexibility index (Phi) is 9.38. The van der Waals surface area contributed by atoms with Gasteiger partial charge in [0.25, 0.3) is 5.91 Å². The Morgan fingerprint density at radius 3 is 2.52 bits per heavy atom. The van der Waals surface area contributed by atoms with E-state index in [1.165, 1.54) is 24.0 Å². The van der Waals surface area contributed by atoms with Gasteiger partial charge in [0.1, 0.15) is 15.7 Å². The van der Waals surface area contributed by atoms with E-state index >= 15 is 0 Å². The molecule has 1 aliphatic carbocycles. The smallest absolute Gasteiger partial charge is 0.256 e. The summed E-state index contributed by atoms with van der Waals surface area (Å²) in [6.45, 7) is 7.10. The van der Waals surface area contributed by atoms with E-state index in [2.05, 4.69) is 22.1 Å². The van der Waals surface area contributed by atoms with Gasteiger partial charge in [-0.25, -0.2) is 12.8 Å². The minimum Gasteiger partial charge on any atom is -0.339 e. The zero-order valence-electron chi connectivity index (χ0n) is 25.4. The predicted octanol–water partition coefficient (Wildman–Crippen LogP) is 6.07. The first-order chi connectivity index (χ1) is 20.0. The highest BCUT2D eigenvalue weighted by molar-refractivity contribution is 7.90. The van der Waals surface area contributed by atoms with Crippen LogP contribution in [0.25, 0.3) is 16.6 Å². The lowest BCUT2D eigenvalue weighted by Gasteiger charge is -2.32. The van der Waals surface area contributed by atoms with E-state index in [4.69, 9.17) is 0 Å². The third-order valence-electron chi connectivity index (χ3n) is 9.46. The molecule has 0 radical (unpaired) electrons. The summed E-state index contributed by atoms with van der Waals surface area (Å²) < 4.78 is 39.9. The van der Waals surface area contributed by atoms with Crippen LogP contribution in [0.2, 0.25) is 0 Å². The van der Waals surface area contributed by atoms with E-state index in [1.807, 2.05) is 30.8 Å². The molecule has 1 unspecified atom stereocenters. The van der Waals surface area contributed by atoms with Gasteiger partial charge in [-0.15, -0.1) is 0 Å². The lowest BCUT2D eigenvalue weighted by Crippen LogP contribution is -2.33. The SMILES string of the molecule is CC(C)N(C)C(=O)c1cc(F)ccc1-n1cc(C2CCCN(CC3CCC(CS(C)(=O)=O)CC3)CC2)c2ccncc21. The van der Waals surface area contributed by atoms with Gasteiger partial charge in [0.15, 0.2) is 0 Å². The van der Waals surface area contributed by atoms with Gasteiger partial charge >= 0.3 is 0 Å². The molecule has 7 nitrogen and oxygen atoms in total. The maximum Gasteiger partial charge on any atom is 0.256 e. The molecule has 1 saturated heterocycles. The van der Waals surface area contributed by atoms with Crippen molar-refractivity contribution in [1.29, 1.82) is 0 Å². The van der Waals surface area contributed by atoms with Crippen LogP contribution in [0.5, 0.6) is 0 Å². The van der Waals surface area contributed by atoms with Crippen LogP contribution in [0.15, 0.2) is 42.9 Å². The zero-order chi connectivity index (χ0) is 30.0. The second-order valence-electron chi connectivity index (χ2n) is 12.9. The van der Waals surface area contributed by atoms with Gasteiger partial charge in [0, 0.05) is 43.7 Å². The Hall–Kier alpha value is -2.78. The van der Waals surface area contributed by atoms with Crippen LogP contribution >= 0.6 is 0 Å². The molecule has 1 saturated carbocycles. The second-order valence-corrected chi connectivity index (χ2v) is 15.1. The summed E-state index contributed by atoms with van der Waals surface area (Å²) in [5.74, 6) is 1.03. The fraction of sp³-hybridized carbons (Fsp3) is 0.576. The molecule has 3 heterocycles. The van der Waals surface area contributed by atoms with Gasteiger partial charge in [-0.2, -0.15) is 0 Å². The number of carbonyl (C=O) groups is 1. The number of nitrogens with zero attached hydrogens (tertiary/aromatic N) is 4. The van der Waals surface area contributed by atoms with E-state index in [-0.39, 0.29) is 11.9 Å². The Labute approximate surface area is 250 Å². The highest BCUT2D eigenvalue weighted by Gasteiger charge is 2.28. The van der Waals surface area contributed by atoms with E-state index in [0.717, 1.165) is 75.5 Å². The number of halogens is 1. The van der Waals surface area contributed by atoms with Crippen LogP contribution in [-0.2, 0) is 9.84 Å². The van der Waals surface area contributed by atoms with E-state index in [0.29, 0.717) is 34.8 Å². The summed E-state index contributed by atoms with van der Waals surface area (Å²) in [7, 11) is -1.15. The molecule has 9 heteroatoms. The monoisotopic (exact) mass is 596 g/mol. The normalized spacial score (nSPS) is 22.4. The number of hydrogen-bond acceptors (Lipinski definition) is 5. The lowest BCUT2D eigenvalue weighted by atomic mass is 9.82. The highest BCUT2D eigenvalue weighted by Crippen LogP contribution is 2.37. The van der Waals surface area contributed by atoms with Crippen LogP contribution in [0.3, 0.4) is 0 Å². The Morgan fingerprint density at radius 1 is 1.07 bits per heavy atom. The van der Waals surface area contributed by atoms with E-state index in [1.54, 1.807) is 18.0 Å². The molecule has 42 heavy (non-hydrogen) atoms. The van der Waals surface area contributed by atoms with Gasteiger partial charge in [0.05, 0.1) is 28.7 Å². The van der Waals surface area contributed by atoms with Crippen molar-refractivity contribution >= 4 is 26.6 Å². The molecule has 1 atom stereocenters. The summed E-state index contributed by atoms with van der Waals surface area (Å²) in [5.41, 5.74) is 3.19. The first kappa shape index (κ1) is 30.7. The van der Waals surface area contributed by atoms with Crippen molar-refractivity contribution in [3.63, 3.8) is 0 Å². The number of amides is 1.